The van der Waals surface area contributed by atoms with E-state index in [1.165, 1.54) is 7.11 Å². The summed E-state index contributed by atoms with van der Waals surface area (Å²) in [6, 6.07) is 20.8. The standard InChI is InChI=1S/C27H30BNO6/c1-4-34-26(30)15-20-10-12-24(32-2)25(14-20)35-23-13-11-22(28)16-21(23)18-29(27(31)33-3)17-19-8-6-5-7-9-19/h5-14,16H,4,15,17-18,28H2,1-3H3. The zero-order chi connectivity index (χ0) is 25.2. The molecule has 182 valence electrons. The molecule has 1 amide bonds. The first-order chi connectivity index (χ1) is 16.9. The van der Waals surface area contributed by atoms with Crippen LogP contribution >= 0.6 is 0 Å². The molecule has 35 heavy (non-hydrogen) atoms. The zero-order valence-corrected chi connectivity index (χ0v) is 20.6. The number of carbonyl (C=O) groups excluding carboxylic acids is 2. The van der Waals surface area contributed by atoms with Gasteiger partial charge in [0.2, 0.25) is 0 Å². The Balaban J connectivity index is 1.90. The lowest BCUT2D eigenvalue weighted by molar-refractivity contribution is -0.142. The van der Waals surface area contributed by atoms with Crippen molar-refractivity contribution >= 4 is 25.4 Å². The zero-order valence-electron chi connectivity index (χ0n) is 20.6. The van der Waals surface area contributed by atoms with Crippen molar-refractivity contribution in [3.8, 4) is 17.2 Å². The summed E-state index contributed by atoms with van der Waals surface area (Å²) in [5.41, 5.74) is 3.57. The molecule has 0 N–H and O–H groups in total. The minimum Gasteiger partial charge on any atom is -0.493 e. The molecule has 0 fully saturated rings. The van der Waals surface area contributed by atoms with E-state index >= 15 is 0 Å². The van der Waals surface area contributed by atoms with Crippen molar-refractivity contribution in [2.24, 2.45) is 0 Å². The quantitative estimate of drug-likeness (QED) is 0.330. The number of methoxy groups -OCH3 is 2. The second-order valence-corrected chi connectivity index (χ2v) is 7.99. The van der Waals surface area contributed by atoms with Crippen molar-refractivity contribution < 1.29 is 28.5 Å². The van der Waals surface area contributed by atoms with Gasteiger partial charge >= 0.3 is 12.1 Å². The van der Waals surface area contributed by atoms with E-state index in [4.69, 9.17) is 18.9 Å². The lowest BCUT2D eigenvalue weighted by Gasteiger charge is -2.23. The highest BCUT2D eigenvalue weighted by Crippen LogP contribution is 2.34. The smallest absolute Gasteiger partial charge is 0.410 e. The molecule has 3 aromatic rings. The molecule has 0 saturated heterocycles. The molecule has 0 unspecified atom stereocenters. The molecule has 7 nitrogen and oxygen atoms in total. The maximum Gasteiger partial charge on any atom is 0.410 e. The van der Waals surface area contributed by atoms with E-state index in [1.807, 2.05) is 56.4 Å². The average molecular weight is 475 g/mol. The lowest BCUT2D eigenvalue weighted by atomic mass is 9.94. The Morgan fingerprint density at radius 3 is 2.29 bits per heavy atom. The van der Waals surface area contributed by atoms with E-state index in [9.17, 15) is 9.59 Å². The molecule has 0 aliphatic heterocycles. The highest BCUT2D eigenvalue weighted by atomic mass is 16.5. The van der Waals surface area contributed by atoms with Crippen LogP contribution in [0.1, 0.15) is 23.6 Å². The molecule has 0 aromatic heterocycles. The van der Waals surface area contributed by atoms with Crippen molar-refractivity contribution in [1.82, 2.24) is 4.90 Å². The van der Waals surface area contributed by atoms with Crippen LogP contribution in [-0.2, 0) is 33.8 Å². The van der Waals surface area contributed by atoms with Crippen LogP contribution in [0.4, 0.5) is 4.79 Å². The van der Waals surface area contributed by atoms with Crippen molar-refractivity contribution in [3.63, 3.8) is 0 Å². The van der Waals surface area contributed by atoms with Gasteiger partial charge in [-0.2, -0.15) is 0 Å². The summed E-state index contributed by atoms with van der Waals surface area (Å²) < 4.78 is 21.9. The first-order valence-corrected chi connectivity index (χ1v) is 11.4. The van der Waals surface area contributed by atoms with Crippen LogP contribution in [-0.4, -0.2) is 45.6 Å². The van der Waals surface area contributed by atoms with Crippen molar-refractivity contribution in [1.29, 1.82) is 0 Å². The number of hydrogen-bond donors (Lipinski definition) is 0. The fourth-order valence-corrected chi connectivity index (χ4v) is 3.66. The molecule has 0 bridgehead atoms. The summed E-state index contributed by atoms with van der Waals surface area (Å²) in [6.07, 6.45) is -0.308. The van der Waals surface area contributed by atoms with E-state index in [1.54, 1.807) is 37.1 Å². The van der Waals surface area contributed by atoms with Gasteiger partial charge in [0.15, 0.2) is 11.5 Å². The molecule has 0 aliphatic rings. The van der Waals surface area contributed by atoms with Crippen LogP contribution in [0, 0.1) is 0 Å². The Bertz CT molecular complexity index is 1150. The van der Waals surface area contributed by atoms with Crippen LogP contribution in [0.3, 0.4) is 0 Å². The molecule has 8 heteroatoms. The third kappa shape index (κ3) is 7.27. The minimum absolute atomic E-state index is 0.127. The molecule has 0 atom stereocenters. The largest absolute Gasteiger partial charge is 0.493 e. The van der Waals surface area contributed by atoms with E-state index in [0.29, 0.717) is 30.4 Å². The first-order valence-electron chi connectivity index (χ1n) is 11.4. The van der Waals surface area contributed by atoms with Gasteiger partial charge in [0.05, 0.1) is 33.8 Å². The van der Waals surface area contributed by atoms with Gasteiger partial charge < -0.3 is 18.9 Å². The predicted octanol–water partition coefficient (Wildman–Crippen LogP) is 3.62. The summed E-state index contributed by atoms with van der Waals surface area (Å²) in [4.78, 5) is 26.1. The molecular weight excluding hydrogens is 445 g/mol. The van der Waals surface area contributed by atoms with Crippen molar-refractivity contribution in [3.05, 3.63) is 83.4 Å². The number of esters is 1. The van der Waals surface area contributed by atoms with E-state index in [2.05, 4.69) is 0 Å². The summed E-state index contributed by atoms with van der Waals surface area (Å²) in [5, 5.41) is 0. The maximum atomic E-state index is 12.6. The second-order valence-electron chi connectivity index (χ2n) is 7.99. The van der Waals surface area contributed by atoms with Crippen LogP contribution in [0.25, 0.3) is 0 Å². The second kappa shape index (κ2) is 12.5. The average Bonchev–Trinajstić information content (AvgIpc) is 2.85. The van der Waals surface area contributed by atoms with Gasteiger partial charge in [-0.15, -0.1) is 0 Å². The van der Waals surface area contributed by atoms with Crippen LogP contribution < -0.4 is 14.9 Å². The lowest BCUT2D eigenvalue weighted by Crippen LogP contribution is -2.30. The predicted molar refractivity (Wildman–Crippen MR) is 136 cm³/mol. The van der Waals surface area contributed by atoms with Crippen LogP contribution in [0.2, 0.25) is 0 Å². The molecule has 0 saturated carbocycles. The monoisotopic (exact) mass is 475 g/mol. The van der Waals surface area contributed by atoms with E-state index in [0.717, 1.165) is 22.2 Å². The van der Waals surface area contributed by atoms with Gasteiger partial charge in [-0.05, 0) is 36.2 Å². The molecule has 0 spiro atoms. The van der Waals surface area contributed by atoms with Gasteiger partial charge in [0.1, 0.15) is 13.6 Å². The normalized spacial score (nSPS) is 10.4. The Morgan fingerprint density at radius 2 is 1.60 bits per heavy atom. The molecule has 0 heterocycles. The molecule has 0 aliphatic carbocycles. The summed E-state index contributed by atoms with van der Waals surface area (Å²) in [7, 11) is 4.91. The fourth-order valence-electron chi connectivity index (χ4n) is 3.66. The van der Waals surface area contributed by atoms with E-state index < -0.39 is 6.09 Å². The Hall–Kier alpha value is -3.94. The van der Waals surface area contributed by atoms with E-state index in [-0.39, 0.29) is 18.9 Å². The highest BCUT2D eigenvalue weighted by molar-refractivity contribution is 6.32. The van der Waals surface area contributed by atoms with Crippen LogP contribution in [0.5, 0.6) is 17.2 Å². The Labute approximate surface area is 207 Å². The molecular formula is C27H30BNO6. The molecule has 3 rings (SSSR count). The fraction of sp³-hybridized carbons (Fsp3) is 0.259. The topological polar surface area (TPSA) is 74.3 Å². The third-order valence-corrected chi connectivity index (χ3v) is 5.33. The first kappa shape index (κ1) is 25.7. The molecule has 0 radical (unpaired) electrons. The highest BCUT2D eigenvalue weighted by Gasteiger charge is 2.19. The third-order valence-electron chi connectivity index (χ3n) is 5.33. The molecule has 3 aromatic carbocycles. The van der Waals surface area contributed by atoms with Gasteiger partial charge in [0, 0.05) is 12.1 Å². The van der Waals surface area contributed by atoms with Crippen molar-refractivity contribution in [2.45, 2.75) is 26.4 Å². The number of hydrogen-bond acceptors (Lipinski definition) is 6. The number of nitrogens with zero attached hydrogens (tertiary/aromatic N) is 1. The Morgan fingerprint density at radius 1 is 0.857 bits per heavy atom. The van der Waals surface area contributed by atoms with Crippen LogP contribution in [0.15, 0.2) is 66.7 Å². The van der Waals surface area contributed by atoms with Gasteiger partial charge in [0.25, 0.3) is 0 Å². The number of ether oxygens (including phenoxy) is 4. The maximum absolute atomic E-state index is 12.6. The summed E-state index contributed by atoms with van der Waals surface area (Å²) >= 11 is 0. The number of carbonyl (C=O) groups is 2. The van der Waals surface area contributed by atoms with Crippen molar-refractivity contribution in [2.75, 3.05) is 20.8 Å². The number of amides is 1. The van der Waals surface area contributed by atoms with Gasteiger partial charge in [-0.25, -0.2) is 4.79 Å². The summed E-state index contributed by atoms with van der Waals surface area (Å²) in [6.45, 7) is 2.77. The van der Waals surface area contributed by atoms with Gasteiger partial charge in [-0.1, -0.05) is 54.0 Å². The summed E-state index contributed by atoms with van der Waals surface area (Å²) in [5.74, 6) is 1.25. The number of benzene rings is 3. The van der Waals surface area contributed by atoms with Gasteiger partial charge in [-0.3, -0.25) is 9.69 Å². The minimum atomic E-state index is -0.435. The SMILES string of the molecule is Bc1ccc(Oc2cc(CC(=O)OCC)ccc2OC)c(CN(Cc2ccccc2)C(=O)OC)c1. The number of rotatable bonds is 10. The Kier molecular flexibility index (Phi) is 9.18.